The van der Waals surface area contributed by atoms with Crippen LogP contribution in [0.2, 0.25) is 5.02 Å². The van der Waals surface area contributed by atoms with Gasteiger partial charge in [-0.2, -0.15) is 0 Å². The Hall–Kier alpha value is -2.02. The van der Waals surface area contributed by atoms with Gasteiger partial charge in [0.1, 0.15) is 11.5 Å². The number of phenolic OH excluding ortho intramolecular Hbond substituents is 1. The minimum absolute atomic E-state index is 0.0591. The van der Waals surface area contributed by atoms with E-state index in [4.69, 9.17) is 28.6 Å². The van der Waals surface area contributed by atoms with Gasteiger partial charge in [-0.3, -0.25) is 9.69 Å². The summed E-state index contributed by atoms with van der Waals surface area (Å²) in [6.07, 6.45) is 1.60. The second-order valence-corrected chi connectivity index (χ2v) is 7.03. The number of anilines is 1. The molecule has 1 amide bonds. The molecule has 3 rings (SSSR count). The fraction of sp³-hybridized carbons (Fsp3) is 0.0588. The summed E-state index contributed by atoms with van der Waals surface area (Å²) >= 11 is 12.5. The quantitative estimate of drug-likeness (QED) is 0.632. The molecule has 0 aromatic heterocycles. The van der Waals surface area contributed by atoms with E-state index in [9.17, 15) is 9.90 Å². The van der Waals surface area contributed by atoms with Gasteiger partial charge >= 0.3 is 0 Å². The molecule has 4 nitrogen and oxygen atoms in total. The number of ether oxygens (including phenoxy) is 1. The van der Waals surface area contributed by atoms with Gasteiger partial charge in [0.15, 0.2) is 4.32 Å². The van der Waals surface area contributed by atoms with Crippen molar-refractivity contribution in [2.24, 2.45) is 0 Å². The van der Waals surface area contributed by atoms with E-state index in [1.165, 1.54) is 29.8 Å². The molecule has 2 aromatic carbocycles. The van der Waals surface area contributed by atoms with Crippen molar-refractivity contribution >= 4 is 57.6 Å². The molecule has 0 spiro atoms. The van der Waals surface area contributed by atoms with Crippen LogP contribution in [0.5, 0.6) is 11.5 Å². The molecular weight excluding hydrogens is 366 g/mol. The molecular formula is C17H12ClNO3S2. The number of hydrogen-bond acceptors (Lipinski definition) is 5. The molecule has 1 N–H and O–H groups in total. The van der Waals surface area contributed by atoms with Crippen LogP contribution in [0.25, 0.3) is 6.08 Å². The first-order valence-corrected chi connectivity index (χ1v) is 8.50. The van der Waals surface area contributed by atoms with Crippen molar-refractivity contribution in [2.75, 3.05) is 12.0 Å². The Morgan fingerprint density at radius 1 is 1.29 bits per heavy atom. The van der Waals surface area contributed by atoms with Gasteiger partial charge in [0, 0.05) is 10.6 Å². The van der Waals surface area contributed by atoms with Gasteiger partial charge in [0.05, 0.1) is 17.7 Å². The molecule has 1 fully saturated rings. The first-order chi connectivity index (χ1) is 11.5. The fourth-order valence-electron chi connectivity index (χ4n) is 2.22. The summed E-state index contributed by atoms with van der Waals surface area (Å²) < 4.78 is 5.56. The summed E-state index contributed by atoms with van der Waals surface area (Å²) in [6.45, 7) is 0. The van der Waals surface area contributed by atoms with Gasteiger partial charge in [-0.05, 0) is 42.5 Å². The summed E-state index contributed by atoms with van der Waals surface area (Å²) in [6, 6.07) is 11.7. The number of carbonyl (C=O) groups excluding carboxylic acids is 1. The van der Waals surface area contributed by atoms with E-state index in [0.717, 1.165) is 0 Å². The maximum Gasteiger partial charge on any atom is 0.270 e. The number of halogens is 1. The smallest absolute Gasteiger partial charge is 0.270 e. The third-order valence-corrected chi connectivity index (χ3v) is 4.92. The highest BCUT2D eigenvalue weighted by Crippen LogP contribution is 2.38. The Labute approximate surface area is 153 Å². The fourth-order valence-corrected chi connectivity index (χ4v) is 3.70. The molecule has 0 unspecified atom stereocenters. The largest absolute Gasteiger partial charge is 0.507 e. The highest BCUT2D eigenvalue weighted by atomic mass is 35.5. The minimum Gasteiger partial charge on any atom is -0.507 e. The normalized spacial score (nSPS) is 16.1. The lowest BCUT2D eigenvalue weighted by atomic mass is 10.1. The summed E-state index contributed by atoms with van der Waals surface area (Å²) in [5.41, 5.74) is 1.10. The highest BCUT2D eigenvalue weighted by Gasteiger charge is 2.33. The molecule has 1 saturated heterocycles. The van der Waals surface area contributed by atoms with E-state index in [2.05, 4.69) is 0 Å². The number of rotatable bonds is 3. The van der Waals surface area contributed by atoms with E-state index in [0.29, 0.717) is 31.2 Å². The summed E-state index contributed by atoms with van der Waals surface area (Å²) in [7, 11) is 1.54. The molecule has 1 aliphatic rings. The Morgan fingerprint density at radius 3 is 2.79 bits per heavy atom. The number of aromatic hydroxyl groups is 1. The van der Waals surface area contributed by atoms with Crippen LogP contribution in [0.15, 0.2) is 47.4 Å². The summed E-state index contributed by atoms with van der Waals surface area (Å²) in [5.74, 6) is 0.391. The maximum atomic E-state index is 12.7. The van der Waals surface area contributed by atoms with Gasteiger partial charge < -0.3 is 9.84 Å². The first-order valence-electron chi connectivity index (χ1n) is 6.90. The predicted octanol–water partition coefficient (Wildman–Crippen LogP) is 4.46. The monoisotopic (exact) mass is 377 g/mol. The lowest BCUT2D eigenvalue weighted by molar-refractivity contribution is -0.113. The lowest BCUT2D eigenvalue weighted by Gasteiger charge is -2.14. The van der Waals surface area contributed by atoms with E-state index in [-0.39, 0.29) is 11.7 Å². The molecule has 0 bridgehead atoms. The van der Waals surface area contributed by atoms with Crippen molar-refractivity contribution in [1.29, 1.82) is 0 Å². The number of methoxy groups -OCH3 is 1. The number of thioether (sulfide) groups is 1. The average Bonchev–Trinajstić information content (AvgIpc) is 2.83. The van der Waals surface area contributed by atoms with Crippen LogP contribution in [0.3, 0.4) is 0 Å². The minimum atomic E-state index is -0.255. The van der Waals surface area contributed by atoms with Crippen LogP contribution in [-0.4, -0.2) is 22.4 Å². The first kappa shape index (κ1) is 16.8. The maximum absolute atomic E-state index is 12.7. The van der Waals surface area contributed by atoms with Crippen molar-refractivity contribution in [1.82, 2.24) is 0 Å². The molecule has 0 aliphatic carbocycles. The van der Waals surface area contributed by atoms with Gasteiger partial charge in [-0.15, -0.1) is 0 Å². The second kappa shape index (κ2) is 6.84. The lowest BCUT2D eigenvalue weighted by Crippen LogP contribution is -2.27. The standard InChI is InChI=1S/C17H12ClNO3S2/c1-22-13-5-6-14(20)10(7-13)8-15-16(21)19(17(23)24-15)12-4-2-3-11(18)9-12/h2-9,20H,1H3/b15-8+. The van der Waals surface area contributed by atoms with Gasteiger partial charge in [-0.1, -0.05) is 41.6 Å². The van der Waals surface area contributed by atoms with Crippen LogP contribution in [0, 0.1) is 0 Å². The van der Waals surface area contributed by atoms with E-state index < -0.39 is 0 Å². The Balaban J connectivity index is 1.97. The number of benzene rings is 2. The van der Waals surface area contributed by atoms with Crippen molar-refractivity contribution in [3.63, 3.8) is 0 Å². The number of thiocarbonyl (C=S) groups is 1. The van der Waals surface area contributed by atoms with Crippen LogP contribution < -0.4 is 9.64 Å². The Kier molecular flexibility index (Phi) is 4.80. The van der Waals surface area contributed by atoms with Crippen LogP contribution in [0.1, 0.15) is 5.56 Å². The zero-order valence-corrected chi connectivity index (χ0v) is 14.9. The second-order valence-electron chi connectivity index (χ2n) is 4.92. The molecule has 0 saturated carbocycles. The number of carbonyl (C=O) groups is 1. The molecule has 0 atom stereocenters. The van der Waals surface area contributed by atoms with Crippen LogP contribution in [-0.2, 0) is 4.79 Å². The third kappa shape index (κ3) is 3.26. The molecule has 2 aromatic rings. The van der Waals surface area contributed by atoms with Gasteiger partial charge in [-0.25, -0.2) is 0 Å². The van der Waals surface area contributed by atoms with Crippen LogP contribution >= 0.6 is 35.6 Å². The zero-order chi connectivity index (χ0) is 17.3. The summed E-state index contributed by atoms with van der Waals surface area (Å²) in [4.78, 5) is 14.5. The van der Waals surface area contributed by atoms with E-state index in [1.807, 2.05) is 0 Å². The van der Waals surface area contributed by atoms with Gasteiger partial charge in [0.25, 0.3) is 5.91 Å². The van der Waals surface area contributed by atoms with Crippen molar-refractivity contribution in [2.45, 2.75) is 0 Å². The van der Waals surface area contributed by atoms with Crippen LogP contribution in [0.4, 0.5) is 5.69 Å². The number of hydrogen-bond donors (Lipinski definition) is 1. The predicted molar refractivity (Wildman–Crippen MR) is 102 cm³/mol. The van der Waals surface area contributed by atoms with E-state index in [1.54, 1.807) is 42.5 Å². The number of phenols is 1. The topological polar surface area (TPSA) is 49.8 Å². The highest BCUT2D eigenvalue weighted by molar-refractivity contribution is 8.27. The van der Waals surface area contributed by atoms with E-state index >= 15 is 0 Å². The summed E-state index contributed by atoms with van der Waals surface area (Å²) in [5, 5.41) is 10.5. The van der Waals surface area contributed by atoms with Crippen molar-refractivity contribution < 1.29 is 14.6 Å². The van der Waals surface area contributed by atoms with Crippen molar-refractivity contribution in [3.05, 3.63) is 58.0 Å². The molecule has 0 radical (unpaired) electrons. The SMILES string of the molecule is COc1ccc(O)c(/C=C2/SC(=S)N(c3cccc(Cl)c3)C2=O)c1. The molecule has 7 heteroatoms. The van der Waals surface area contributed by atoms with Crippen molar-refractivity contribution in [3.8, 4) is 11.5 Å². The third-order valence-electron chi connectivity index (χ3n) is 3.38. The molecule has 122 valence electrons. The number of amides is 1. The average molecular weight is 378 g/mol. The Morgan fingerprint density at radius 2 is 2.08 bits per heavy atom. The van der Waals surface area contributed by atoms with Gasteiger partial charge in [0.2, 0.25) is 0 Å². The molecule has 1 aliphatic heterocycles. The number of nitrogens with zero attached hydrogens (tertiary/aromatic N) is 1. The molecule has 1 heterocycles. The Bertz CT molecular complexity index is 867. The zero-order valence-electron chi connectivity index (χ0n) is 12.5. The molecule has 24 heavy (non-hydrogen) atoms.